The van der Waals surface area contributed by atoms with E-state index in [-0.39, 0.29) is 22.5 Å². The minimum absolute atomic E-state index is 0.156. The Labute approximate surface area is 189 Å². The second-order valence-electron chi connectivity index (χ2n) is 7.71. The van der Waals surface area contributed by atoms with Crippen molar-refractivity contribution >= 4 is 22.6 Å². The molecule has 0 saturated carbocycles. The fourth-order valence-electron chi connectivity index (χ4n) is 3.73. The summed E-state index contributed by atoms with van der Waals surface area (Å²) < 4.78 is 7.78. The van der Waals surface area contributed by atoms with Crippen LogP contribution in [0.25, 0.3) is 33.7 Å². The highest BCUT2D eigenvalue weighted by molar-refractivity contribution is 6.11. The number of amides is 1. The highest BCUT2D eigenvalue weighted by Crippen LogP contribution is 2.28. The first kappa shape index (κ1) is 20.4. The summed E-state index contributed by atoms with van der Waals surface area (Å²) in [6.07, 6.45) is 1.63. The molecule has 5 aromatic rings. The molecule has 0 radical (unpaired) electrons. The van der Waals surface area contributed by atoms with Crippen LogP contribution >= 0.6 is 0 Å². The fraction of sp³-hybridized carbons (Fsp3) is 0.0769. The van der Waals surface area contributed by atoms with Crippen LogP contribution in [-0.4, -0.2) is 20.7 Å². The molecule has 0 bridgehead atoms. The van der Waals surface area contributed by atoms with Crippen LogP contribution < -0.4 is 10.7 Å². The summed E-state index contributed by atoms with van der Waals surface area (Å²) in [5.41, 5.74) is 3.13. The number of carbonyl (C=O) groups excluding carboxylic acids is 1. The molecular weight excluding hydrogens is 416 g/mol. The number of anilines is 1. The molecule has 0 saturated heterocycles. The Morgan fingerprint density at radius 3 is 2.39 bits per heavy atom. The monoisotopic (exact) mass is 436 g/mol. The van der Waals surface area contributed by atoms with Crippen LogP contribution in [0.2, 0.25) is 0 Å². The van der Waals surface area contributed by atoms with E-state index in [9.17, 15) is 9.59 Å². The van der Waals surface area contributed by atoms with Crippen molar-refractivity contribution in [1.29, 1.82) is 0 Å². The lowest BCUT2D eigenvalue weighted by molar-refractivity contribution is 0.102. The van der Waals surface area contributed by atoms with Crippen molar-refractivity contribution in [1.82, 2.24) is 14.8 Å². The number of hydrogen-bond acceptors (Lipinski definition) is 5. The van der Waals surface area contributed by atoms with E-state index < -0.39 is 0 Å². The topological polar surface area (TPSA) is 90.0 Å². The minimum atomic E-state index is -0.365. The van der Waals surface area contributed by atoms with Gasteiger partial charge in [-0.3, -0.25) is 14.3 Å². The summed E-state index contributed by atoms with van der Waals surface area (Å²) in [6.45, 7) is 1.73. The Morgan fingerprint density at radius 1 is 0.939 bits per heavy atom. The van der Waals surface area contributed by atoms with Crippen LogP contribution in [0.15, 0.2) is 88.3 Å². The van der Waals surface area contributed by atoms with E-state index in [1.807, 2.05) is 42.5 Å². The predicted molar refractivity (Wildman–Crippen MR) is 127 cm³/mol. The van der Waals surface area contributed by atoms with Crippen molar-refractivity contribution < 1.29 is 9.21 Å². The average molecular weight is 436 g/mol. The van der Waals surface area contributed by atoms with Crippen LogP contribution in [-0.2, 0) is 7.05 Å². The van der Waals surface area contributed by atoms with E-state index in [0.29, 0.717) is 28.2 Å². The second-order valence-corrected chi connectivity index (χ2v) is 7.71. The number of para-hydroxylation sites is 1. The predicted octanol–water partition coefficient (Wildman–Crippen LogP) is 4.82. The average Bonchev–Trinajstić information content (AvgIpc) is 3.28. The van der Waals surface area contributed by atoms with Gasteiger partial charge in [-0.15, -0.1) is 0 Å². The van der Waals surface area contributed by atoms with Crippen molar-refractivity contribution in [3.8, 4) is 22.7 Å². The van der Waals surface area contributed by atoms with E-state index in [4.69, 9.17) is 4.42 Å². The highest BCUT2D eigenvalue weighted by atomic mass is 16.3. The lowest BCUT2D eigenvalue weighted by Crippen LogP contribution is -2.15. The van der Waals surface area contributed by atoms with Gasteiger partial charge in [0.05, 0.1) is 10.9 Å². The number of nitrogens with one attached hydrogen (secondary N) is 1. The van der Waals surface area contributed by atoms with Crippen molar-refractivity contribution in [2.45, 2.75) is 6.92 Å². The molecule has 0 unspecified atom stereocenters. The van der Waals surface area contributed by atoms with Crippen molar-refractivity contribution in [3.05, 3.63) is 100 Å². The van der Waals surface area contributed by atoms with Crippen LogP contribution in [0.1, 0.15) is 15.9 Å². The Balaban J connectivity index is 1.51. The molecule has 3 aromatic carbocycles. The maximum absolute atomic E-state index is 13.1. The van der Waals surface area contributed by atoms with Gasteiger partial charge in [0.15, 0.2) is 16.8 Å². The zero-order valence-electron chi connectivity index (χ0n) is 18.1. The first-order chi connectivity index (χ1) is 16.0. The third-order valence-corrected chi connectivity index (χ3v) is 5.43. The molecule has 0 atom stereocenters. The Hall–Kier alpha value is -4.52. The molecule has 7 nitrogen and oxygen atoms in total. The van der Waals surface area contributed by atoms with Gasteiger partial charge in [-0.2, -0.15) is 5.10 Å². The van der Waals surface area contributed by atoms with Crippen LogP contribution in [0.5, 0.6) is 0 Å². The summed E-state index contributed by atoms with van der Waals surface area (Å²) in [5.74, 6) is 0.700. The zero-order valence-corrected chi connectivity index (χ0v) is 18.1. The first-order valence-electron chi connectivity index (χ1n) is 10.4. The molecule has 5 rings (SSSR count). The van der Waals surface area contributed by atoms with Crippen LogP contribution in [0.3, 0.4) is 0 Å². The van der Waals surface area contributed by atoms with Gasteiger partial charge in [0, 0.05) is 29.4 Å². The molecule has 0 aliphatic carbocycles. The highest BCUT2D eigenvalue weighted by Gasteiger charge is 2.18. The number of benzene rings is 3. The SMILES string of the molecule is Cc1c(-c2ccccc2)oc2c(C(=O)Nc3ccc(-c4ncn(C)n4)cc3)cccc2c1=O. The van der Waals surface area contributed by atoms with Crippen molar-refractivity contribution in [3.63, 3.8) is 0 Å². The largest absolute Gasteiger partial charge is 0.455 e. The van der Waals surface area contributed by atoms with E-state index in [1.165, 1.54) is 0 Å². The zero-order chi connectivity index (χ0) is 22.9. The number of aromatic nitrogens is 3. The molecule has 33 heavy (non-hydrogen) atoms. The molecule has 2 heterocycles. The summed E-state index contributed by atoms with van der Waals surface area (Å²) in [4.78, 5) is 30.4. The third kappa shape index (κ3) is 3.80. The summed E-state index contributed by atoms with van der Waals surface area (Å²) >= 11 is 0. The van der Waals surface area contributed by atoms with E-state index >= 15 is 0 Å². The van der Waals surface area contributed by atoms with Gasteiger partial charge in [-0.25, -0.2) is 4.98 Å². The molecule has 0 fully saturated rings. The smallest absolute Gasteiger partial charge is 0.259 e. The van der Waals surface area contributed by atoms with Gasteiger partial charge in [-0.1, -0.05) is 36.4 Å². The second kappa shape index (κ2) is 8.20. The number of nitrogens with zero attached hydrogens (tertiary/aromatic N) is 3. The molecule has 1 N–H and O–H groups in total. The summed E-state index contributed by atoms with van der Waals surface area (Å²) in [6, 6.07) is 21.6. The van der Waals surface area contributed by atoms with Gasteiger partial charge < -0.3 is 9.73 Å². The Bertz CT molecular complexity index is 1530. The molecule has 1 amide bonds. The van der Waals surface area contributed by atoms with E-state index in [0.717, 1.165) is 11.1 Å². The van der Waals surface area contributed by atoms with Gasteiger partial charge >= 0.3 is 0 Å². The summed E-state index contributed by atoms with van der Waals surface area (Å²) in [7, 11) is 1.80. The fourth-order valence-corrected chi connectivity index (χ4v) is 3.73. The normalized spacial score (nSPS) is 11.0. The Kier molecular flexibility index (Phi) is 5.06. The molecular formula is C26H20N4O3. The van der Waals surface area contributed by atoms with Gasteiger partial charge in [-0.05, 0) is 43.3 Å². The molecule has 162 valence electrons. The molecule has 7 heteroatoms. The molecule has 0 aliphatic heterocycles. The minimum Gasteiger partial charge on any atom is -0.455 e. The quantitative estimate of drug-likeness (QED) is 0.436. The lowest BCUT2D eigenvalue weighted by Gasteiger charge is -2.11. The van der Waals surface area contributed by atoms with Gasteiger partial charge in [0.2, 0.25) is 0 Å². The van der Waals surface area contributed by atoms with Crippen molar-refractivity contribution in [2.75, 3.05) is 5.32 Å². The number of carbonyl (C=O) groups is 1. The molecule has 0 aliphatic rings. The van der Waals surface area contributed by atoms with E-state index in [1.54, 1.807) is 55.3 Å². The Morgan fingerprint density at radius 2 is 1.70 bits per heavy atom. The van der Waals surface area contributed by atoms with Gasteiger partial charge in [0.25, 0.3) is 5.91 Å². The summed E-state index contributed by atoms with van der Waals surface area (Å²) in [5, 5.41) is 7.53. The molecule has 0 spiro atoms. The first-order valence-corrected chi connectivity index (χ1v) is 10.4. The standard InChI is InChI=1S/C26H20N4O3/c1-16-22(31)20-9-6-10-21(24(20)33-23(16)17-7-4-3-5-8-17)26(32)28-19-13-11-18(12-14-19)25-27-15-30(2)29-25/h3-15H,1-2H3,(H,28,32). The maximum atomic E-state index is 13.1. The van der Waals surface area contributed by atoms with E-state index in [2.05, 4.69) is 15.4 Å². The van der Waals surface area contributed by atoms with Gasteiger partial charge in [0.1, 0.15) is 12.1 Å². The number of aryl methyl sites for hydroxylation is 1. The number of fused-ring (bicyclic) bond motifs is 1. The third-order valence-electron chi connectivity index (χ3n) is 5.43. The van der Waals surface area contributed by atoms with Crippen LogP contribution in [0, 0.1) is 6.92 Å². The number of rotatable bonds is 4. The van der Waals surface area contributed by atoms with Crippen LogP contribution in [0.4, 0.5) is 5.69 Å². The lowest BCUT2D eigenvalue weighted by atomic mass is 10.0. The molecule has 2 aromatic heterocycles. The number of hydrogen-bond donors (Lipinski definition) is 1. The maximum Gasteiger partial charge on any atom is 0.259 e. The van der Waals surface area contributed by atoms with Crippen molar-refractivity contribution in [2.24, 2.45) is 7.05 Å².